The van der Waals surface area contributed by atoms with E-state index in [9.17, 15) is 10.1 Å². The maximum absolute atomic E-state index is 11.6. The van der Waals surface area contributed by atoms with Gasteiger partial charge in [-0.3, -0.25) is 4.79 Å². The van der Waals surface area contributed by atoms with Gasteiger partial charge in [-0.25, -0.2) is 0 Å². The van der Waals surface area contributed by atoms with E-state index in [0.29, 0.717) is 12.1 Å². The second kappa shape index (κ2) is 5.76. The molecule has 1 unspecified atom stereocenters. The molecule has 0 aliphatic carbocycles. The van der Waals surface area contributed by atoms with Gasteiger partial charge in [-0.2, -0.15) is 5.26 Å². The Hall–Kier alpha value is -1.67. The summed E-state index contributed by atoms with van der Waals surface area (Å²) in [4.78, 5) is 14.7. The number of carbonyl (C=O) groups is 1. The smallest absolute Gasteiger partial charge is 0.225 e. The van der Waals surface area contributed by atoms with Gasteiger partial charge in [-0.15, -0.1) is 11.8 Å². The molecule has 5 heteroatoms. The van der Waals surface area contributed by atoms with E-state index in [0.717, 1.165) is 29.3 Å². The summed E-state index contributed by atoms with van der Waals surface area (Å²) in [5.41, 5.74) is 6.60. The van der Waals surface area contributed by atoms with E-state index in [2.05, 4.69) is 17.9 Å². The van der Waals surface area contributed by atoms with Crippen molar-refractivity contribution in [1.29, 1.82) is 5.26 Å². The zero-order valence-corrected chi connectivity index (χ0v) is 12.7. The summed E-state index contributed by atoms with van der Waals surface area (Å²) in [6.45, 7) is 5.30. The predicted octanol–water partition coefficient (Wildman–Crippen LogP) is 2.37. The Balaban J connectivity index is 2.33. The molecule has 2 rings (SSSR count). The van der Waals surface area contributed by atoms with Crippen LogP contribution in [0.2, 0.25) is 0 Å². The minimum atomic E-state index is -0.499. The molecule has 1 aliphatic rings. The maximum Gasteiger partial charge on any atom is 0.225 e. The predicted molar refractivity (Wildman–Crippen MR) is 81.7 cm³/mol. The van der Waals surface area contributed by atoms with E-state index in [1.165, 1.54) is 0 Å². The quantitative estimate of drug-likeness (QED) is 0.864. The summed E-state index contributed by atoms with van der Waals surface area (Å²) in [5.74, 6) is 0.662. The van der Waals surface area contributed by atoms with Crippen LogP contribution in [0.1, 0.15) is 25.8 Å². The molecule has 106 valence electrons. The minimum Gasteiger partial charge on any atom is -0.369 e. The number of nitrogens with zero attached hydrogens (tertiary/aromatic N) is 2. The zero-order chi connectivity index (χ0) is 14.8. The van der Waals surface area contributed by atoms with Crippen molar-refractivity contribution in [3.8, 4) is 6.07 Å². The fraction of sp³-hybridized carbons (Fsp3) is 0.467. The van der Waals surface area contributed by atoms with Crippen molar-refractivity contribution < 1.29 is 4.79 Å². The highest BCUT2D eigenvalue weighted by Crippen LogP contribution is 2.37. The molecule has 1 aliphatic heterocycles. The second-order valence-electron chi connectivity index (χ2n) is 5.29. The van der Waals surface area contributed by atoms with E-state index in [1.807, 2.05) is 25.1 Å². The molecule has 0 saturated carbocycles. The molecule has 1 fully saturated rings. The maximum atomic E-state index is 11.6. The highest BCUT2D eigenvalue weighted by molar-refractivity contribution is 7.99. The fourth-order valence-corrected chi connectivity index (χ4v) is 3.32. The Kier molecular flexibility index (Phi) is 4.24. The molecule has 1 aromatic carbocycles. The van der Waals surface area contributed by atoms with Crippen LogP contribution in [0.15, 0.2) is 23.1 Å². The number of benzene rings is 1. The van der Waals surface area contributed by atoms with E-state index in [-0.39, 0.29) is 5.91 Å². The minimum absolute atomic E-state index is 0.266. The fourth-order valence-electron chi connectivity index (χ4n) is 2.54. The number of amides is 1. The van der Waals surface area contributed by atoms with Crippen LogP contribution < -0.4 is 10.6 Å². The highest BCUT2D eigenvalue weighted by atomic mass is 32.2. The normalized spacial score (nSPS) is 21.8. The van der Waals surface area contributed by atoms with Gasteiger partial charge in [0.25, 0.3) is 0 Å². The Morgan fingerprint density at radius 1 is 1.60 bits per heavy atom. The number of nitrogens with two attached hydrogens (primary N) is 1. The number of nitriles is 1. The molecule has 0 bridgehead atoms. The van der Waals surface area contributed by atoms with Gasteiger partial charge in [0.1, 0.15) is 6.07 Å². The van der Waals surface area contributed by atoms with Crippen LogP contribution in [0.4, 0.5) is 5.69 Å². The van der Waals surface area contributed by atoms with Gasteiger partial charge in [0.2, 0.25) is 5.91 Å². The van der Waals surface area contributed by atoms with Gasteiger partial charge < -0.3 is 10.6 Å². The van der Waals surface area contributed by atoms with Crippen molar-refractivity contribution in [1.82, 2.24) is 0 Å². The third kappa shape index (κ3) is 2.61. The molecule has 0 spiro atoms. The summed E-state index contributed by atoms with van der Waals surface area (Å²) in [7, 11) is 0. The van der Waals surface area contributed by atoms with Gasteiger partial charge >= 0.3 is 0 Å². The third-order valence-corrected chi connectivity index (χ3v) is 4.76. The Bertz CT molecular complexity index is 567. The molecule has 1 aromatic rings. The molecule has 2 N–H and O–H groups in total. The van der Waals surface area contributed by atoms with Crippen LogP contribution >= 0.6 is 11.8 Å². The third-order valence-electron chi connectivity index (χ3n) is 3.82. The first-order valence-corrected chi connectivity index (χ1v) is 7.71. The average Bonchev–Trinajstić information content (AvgIpc) is 2.83. The van der Waals surface area contributed by atoms with E-state index in [1.54, 1.807) is 11.8 Å². The van der Waals surface area contributed by atoms with Gasteiger partial charge in [0.05, 0.1) is 16.7 Å². The SMILES string of the molecule is CCSc1cccc(N2CCC(C)(C(N)=O)C2)c1C#N. The molecule has 1 saturated heterocycles. The number of anilines is 1. The topological polar surface area (TPSA) is 70.1 Å². The van der Waals surface area contributed by atoms with Crippen molar-refractivity contribution >= 4 is 23.4 Å². The van der Waals surface area contributed by atoms with Crippen molar-refractivity contribution in [2.45, 2.75) is 25.2 Å². The van der Waals surface area contributed by atoms with Gasteiger partial charge in [-0.05, 0) is 31.2 Å². The Morgan fingerprint density at radius 3 is 2.90 bits per heavy atom. The second-order valence-corrected chi connectivity index (χ2v) is 6.60. The summed E-state index contributed by atoms with van der Waals surface area (Å²) in [6, 6.07) is 8.19. The molecule has 0 aromatic heterocycles. The van der Waals surface area contributed by atoms with Crippen LogP contribution in [0.25, 0.3) is 0 Å². The van der Waals surface area contributed by atoms with E-state index < -0.39 is 5.41 Å². The summed E-state index contributed by atoms with van der Waals surface area (Å²) in [6.07, 6.45) is 0.734. The highest BCUT2D eigenvalue weighted by Gasteiger charge is 2.39. The summed E-state index contributed by atoms with van der Waals surface area (Å²) < 4.78 is 0. The lowest BCUT2D eigenvalue weighted by molar-refractivity contribution is -0.125. The van der Waals surface area contributed by atoms with Crippen molar-refractivity contribution in [2.75, 3.05) is 23.7 Å². The standard InChI is InChI=1S/C15H19N3OS/c1-3-20-13-6-4-5-12(11(13)9-16)18-8-7-15(2,10-18)14(17)19/h4-6H,3,7-8,10H2,1-2H3,(H2,17,19). The lowest BCUT2D eigenvalue weighted by atomic mass is 9.89. The first-order chi connectivity index (χ1) is 9.51. The molecule has 1 heterocycles. The summed E-state index contributed by atoms with van der Waals surface area (Å²) >= 11 is 1.66. The Labute approximate surface area is 123 Å². The van der Waals surface area contributed by atoms with E-state index >= 15 is 0 Å². The molecule has 1 amide bonds. The van der Waals surface area contributed by atoms with Crippen LogP contribution in [0, 0.1) is 16.7 Å². The number of thioether (sulfide) groups is 1. The molecular formula is C15H19N3OS. The van der Waals surface area contributed by atoms with Gasteiger partial charge in [0.15, 0.2) is 0 Å². The van der Waals surface area contributed by atoms with Gasteiger partial charge in [-0.1, -0.05) is 13.0 Å². The number of primary amides is 1. The number of carbonyl (C=O) groups excluding carboxylic acids is 1. The molecule has 4 nitrogen and oxygen atoms in total. The zero-order valence-electron chi connectivity index (χ0n) is 11.8. The van der Waals surface area contributed by atoms with Crippen LogP contribution in [-0.4, -0.2) is 24.7 Å². The average molecular weight is 289 g/mol. The monoisotopic (exact) mass is 289 g/mol. The lowest BCUT2D eigenvalue weighted by Crippen LogP contribution is -2.37. The van der Waals surface area contributed by atoms with Crippen molar-refractivity contribution in [3.63, 3.8) is 0 Å². The van der Waals surface area contributed by atoms with Gasteiger partial charge in [0, 0.05) is 18.0 Å². The first kappa shape index (κ1) is 14.7. The van der Waals surface area contributed by atoms with Crippen molar-refractivity contribution in [2.24, 2.45) is 11.1 Å². The van der Waals surface area contributed by atoms with Crippen LogP contribution in [0.3, 0.4) is 0 Å². The number of rotatable bonds is 4. The van der Waals surface area contributed by atoms with Crippen LogP contribution in [0.5, 0.6) is 0 Å². The molecule has 1 atom stereocenters. The lowest BCUT2D eigenvalue weighted by Gasteiger charge is -2.24. The van der Waals surface area contributed by atoms with Crippen LogP contribution in [-0.2, 0) is 4.79 Å². The number of hydrogen-bond donors (Lipinski definition) is 1. The molecule has 20 heavy (non-hydrogen) atoms. The Morgan fingerprint density at radius 2 is 2.35 bits per heavy atom. The number of hydrogen-bond acceptors (Lipinski definition) is 4. The first-order valence-electron chi connectivity index (χ1n) is 6.72. The van der Waals surface area contributed by atoms with E-state index in [4.69, 9.17) is 5.73 Å². The molecular weight excluding hydrogens is 270 g/mol. The molecule has 0 radical (unpaired) electrons. The largest absolute Gasteiger partial charge is 0.369 e. The summed E-state index contributed by atoms with van der Waals surface area (Å²) in [5, 5.41) is 9.44. The van der Waals surface area contributed by atoms with Crippen molar-refractivity contribution in [3.05, 3.63) is 23.8 Å².